The van der Waals surface area contributed by atoms with Crippen molar-refractivity contribution in [3.05, 3.63) is 35.9 Å². The molecule has 1 aromatic carbocycles. The van der Waals surface area contributed by atoms with Crippen molar-refractivity contribution < 1.29 is 10.2 Å². The molecule has 138 valence electrons. The first-order valence-electron chi connectivity index (χ1n) is 10.1. The smallest absolute Gasteiger partial charge is 0.0796 e. The first-order chi connectivity index (χ1) is 11.7. The van der Waals surface area contributed by atoms with Crippen LogP contribution in [0.1, 0.15) is 83.1 Å². The van der Waals surface area contributed by atoms with Gasteiger partial charge in [0.25, 0.3) is 0 Å². The van der Waals surface area contributed by atoms with Gasteiger partial charge >= 0.3 is 0 Å². The second kappa shape index (κ2) is 14.5. The van der Waals surface area contributed by atoms with Crippen LogP contribution in [0, 0.1) is 5.92 Å². The van der Waals surface area contributed by atoms with Crippen LogP contribution in [-0.2, 0) is 6.42 Å². The summed E-state index contributed by atoms with van der Waals surface area (Å²) in [6.45, 7) is 1.92. The lowest BCUT2D eigenvalue weighted by Gasteiger charge is -2.15. The molecule has 2 unspecified atom stereocenters. The highest BCUT2D eigenvalue weighted by Gasteiger charge is 2.11. The molecule has 0 aliphatic carbocycles. The maximum absolute atomic E-state index is 9.50. The van der Waals surface area contributed by atoms with Crippen LogP contribution in [0.3, 0.4) is 0 Å². The minimum absolute atomic E-state index is 0.105. The molecule has 0 aliphatic heterocycles. The first-order valence-corrected chi connectivity index (χ1v) is 10.1. The second-order valence-electron chi connectivity index (χ2n) is 7.29. The molecule has 0 radical (unpaired) electrons. The third kappa shape index (κ3) is 10.8. The van der Waals surface area contributed by atoms with Crippen molar-refractivity contribution in [3.8, 4) is 0 Å². The predicted octanol–water partition coefficient (Wildman–Crippen LogP) is 5.51. The molecule has 0 saturated carbocycles. The van der Waals surface area contributed by atoms with Crippen LogP contribution < -0.4 is 0 Å². The fourth-order valence-electron chi connectivity index (χ4n) is 3.23. The first kappa shape index (κ1) is 21.2. The van der Waals surface area contributed by atoms with E-state index in [4.69, 9.17) is 5.11 Å². The van der Waals surface area contributed by atoms with Gasteiger partial charge in [-0.15, -0.1) is 0 Å². The Labute approximate surface area is 149 Å². The Kier molecular flexibility index (Phi) is 12.8. The summed E-state index contributed by atoms with van der Waals surface area (Å²) in [5.74, 6) is 0.228. The number of aliphatic hydroxyl groups excluding tert-OH is 2. The van der Waals surface area contributed by atoms with E-state index in [0.29, 0.717) is 0 Å². The molecule has 1 aromatic rings. The number of rotatable bonds is 15. The lowest BCUT2D eigenvalue weighted by atomic mass is 9.97. The lowest BCUT2D eigenvalue weighted by molar-refractivity contribution is 0.0495. The van der Waals surface area contributed by atoms with Crippen LogP contribution in [0.4, 0.5) is 0 Å². The normalized spacial score (nSPS) is 13.8. The van der Waals surface area contributed by atoms with Gasteiger partial charge in [0.05, 0.1) is 12.7 Å². The Balaban J connectivity index is 1.79. The highest BCUT2D eigenvalue weighted by atomic mass is 16.3. The molecular weight excluding hydrogens is 296 g/mol. The highest BCUT2D eigenvalue weighted by molar-refractivity contribution is 5.14. The summed E-state index contributed by atoms with van der Waals surface area (Å²) >= 11 is 0. The van der Waals surface area contributed by atoms with Gasteiger partial charge in [0.2, 0.25) is 0 Å². The van der Waals surface area contributed by atoms with Gasteiger partial charge in [0.1, 0.15) is 0 Å². The minimum atomic E-state index is -0.535. The van der Waals surface area contributed by atoms with E-state index >= 15 is 0 Å². The van der Waals surface area contributed by atoms with Crippen molar-refractivity contribution in [2.45, 2.75) is 90.1 Å². The number of aryl methyl sites for hydroxylation is 1. The van der Waals surface area contributed by atoms with E-state index in [-0.39, 0.29) is 12.5 Å². The Morgan fingerprint density at radius 3 is 1.79 bits per heavy atom. The van der Waals surface area contributed by atoms with Crippen molar-refractivity contribution in [2.75, 3.05) is 6.61 Å². The van der Waals surface area contributed by atoms with E-state index in [0.717, 1.165) is 6.42 Å². The van der Waals surface area contributed by atoms with Crippen LogP contribution in [0.15, 0.2) is 30.3 Å². The molecule has 2 N–H and O–H groups in total. The van der Waals surface area contributed by atoms with E-state index < -0.39 is 6.10 Å². The molecule has 0 fully saturated rings. The standard InChI is InChI=1S/C22H38O2/c1-20(22(24)19-23)15-11-8-6-4-2-3-5-7-9-12-16-21-17-13-10-14-18-21/h10,13-14,17-18,20,22-24H,2-9,11-12,15-16,19H2,1H3. The Bertz CT molecular complexity index is 377. The molecule has 0 bridgehead atoms. The Hall–Kier alpha value is -0.860. The monoisotopic (exact) mass is 334 g/mol. The summed E-state index contributed by atoms with van der Waals surface area (Å²) in [6, 6.07) is 10.8. The zero-order chi connectivity index (χ0) is 17.5. The number of aliphatic hydroxyl groups is 2. The third-order valence-electron chi connectivity index (χ3n) is 5.06. The van der Waals surface area contributed by atoms with Crippen molar-refractivity contribution in [1.82, 2.24) is 0 Å². The van der Waals surface area contributed by atoms with Crippen molar-refractivity contribution in [3.63, 3.8) is 0 Å². The SMILES string of the molecule is CC(CCCCCCCCCCCCc1ccccc1)C(O)CO. The van der Waals surface area contributed by atoms with Crippen LogP contribution in [0.2, 0.25) is 0 Å². The van der Waals surface area contributed by atoms with Crippen LogP contribution in [0.5, 0.6) is 0 Å². The van der Waals surface area contributed by atoms with E-state index in [1.807, 2.05) is 6.92 Å². The molecule has 2 nitrogen and oxygen atoms in total. The summed E-state index contributed by atoms with van der Waals surface area (Å²) in [7, 11) is 0. The Morgan fingerprint density at radius 2 is 1.25 bits per heavy atom. The van der Waals surface area contributed by atoms with Crippen molar-refractivity contribution >= 4 is 0 Å². The van der Waals surface area contributed by atoms with Gasteiger partial charge < -0.3 is 10.2 Å². The van der Waals surface area contributed by atoms with E-state index in [2.05, 4.69) is 30.3 Å². The largest absolute Gasteiger partial charge is 0.394 e. The molecule has 2 atom stereocenters. The number of hydrogen-bond donors (Lipinski definition) is 2. The Morgan fingerprint density at radius 1 is 0.750 bits per heavy atom. The molecule has 0 aromatic heterocycles. The van der Waals surface area contributed by atoms with Gasteiger partial charge in [0.15, 0.2) is 0 Å². The molecule has 0 spiro atoms. The summed E-state index contributed by atoms with van der Waals surface area (Å²) in [6.07, 6.45) is 15.0. The molecule has 0 saturated heterocycles. The molecule has 0 aliphatic rings. The minimum Gasteiger partial charge on any atom is -0.394 e. The van der Waals surface area contributed by atoms with Crippen LogP contribution in [-0.4, -0.2) is 22.9 Å². The quantitative estimate of drug-likeness (QED) is 0.415. The highest BCUT2D eigenvalue weighted by Crippen LogP contribution is 2.16. The molecule has 0 amide bonds. The maximum atomic E-state index is 9.50. The summed E-state index contributed by atoms with van der Waals surface area (Å²) in [4.78, 5) is 0. The van der Waals surface area contributed by atoms with Gasteiger partial charge in [-0.05, 0) is 30.7 Å². The third-order valence-corrected chi connectivity index (χ3v) is 5.06. The van der Waals surface area contributed by atoms with Crippen molar-refractivity contribution in [1.29, 1.82) is 0 Å². The van der Waals surface area contributed by atoms with E-state index in [9.17, 15) is 5.11 Å². The van der Waals surface area contributed by atoms with Gasteiger partial charge in [-0.2, -0.15) is 0 Å². The maximum Gasteiger partial charge on any atom is 0.0796 e. The molecule has 0 heterocycles. The lowest BCUT2D eigenvalue weighted by Crippen LogP contribution is -2.21. The molecule has 24 heavy (non-hydrogen) atoms. The van der Waals surface area contributed by atoms with Gasteiger partial charge in [-0.1, -0.05) is 95.0 Å². The van der Waals surface area contributed by atoms with Gasteiger partial charge in [0, 0.05) is 0 Å². The fraction of sp³-hybridized carbons (Fsp3) is 0.727. The summed E-state index contributed by atoms with van der Waals surface area (Å²) in [5, 5.41) is 18.4. The molecule has 2 heteroatoms. The summed E-state index contributed by atoms with van der Waals surface area (Å²) in [5.41, 5.74) is 1.47. The van der Waals surface area contributed by atoms with Crippen LogP contribution in [0.25, 0.3) is 0 Å². The average molecular weight is 335 g/mol. The van der Waals surface area contributed by atoms with E-state index in [1.54, 1.807) is 0 Å². The zero-order valence-electron chi connectivity index (χ0n) is 15.6. The van der Waals surface area contributed by atoms with Gasteiger partial charge in [-0.25, -0.2) is 0 Å². The predicted molar refractivity (Wildman–Crippen MR) is 103 cm³/mol. The summed E-state index contributed by atoms with van der Waals surface area (Å²) < 4.78 is 0. The molecule has 1 rings (SSSR count). The average Bonchev–Trinajstić information content (AvgIpc) is 2.62. The number of benzene rings is 1. The van der Waals surface area contributed by atoms with Crippen molar-refractivity contribution in [2.24, 2.45) is 5.92 Å². The fourth-order valence-corrected chi connectivity index (χ4v) is 3.23. The topological polar surface area (TPSA) is 40.5 Å². The molecular formula is C22H38O2. The number of hydrogen-bond acceptors (Lipinski definition) is 2. The van der Waals surface area contributed by atoms with Gasteiger partial charge in [-0.3, -0.25) is 0 Å². The van der Waals surface area contributed by atoms with E-state index in [1.165, 1.54) is 76.2 Å². The zero-order valence-corrected chi connectivity index (χ0v) is 15.6. The van der Waals surface area contributed by atoms with Crippen LogP contribution >= 0.6 is 0 Å². The number of unbranched alkanes of at least 4 members (excludes halogenated alkanes) is 9. The second-order valence-corrected chi connectivity index (χ2v) is 7.29.